The van der Waals surface area contributed by atoms with Gasteiger partial charge in [-0.25, -0.2) is 0 Å². The van der Waals surface area contributed by atoms with E-state index in [4.69, 9.17) is 4.74 Å². The number of nitrogens with zero attached hydrogens (tertiary/aromatic N) is 3. The number of aryl methyl sites for hydroxylation is 1. The molecule has 2 heterocycles. The predicted molar refractivity (Wildman–Crippen MR) is 106 cm³/mol. The molecule has 1 aliphatic heterocycles. The molecule has 1 fully saturated rings. The average Bonchev–Trinajstić information content (AvgIpc) is 3.05. The summed E-state index contributed by atoms with van der Waals surface area (Å²) in [5.41, 5.74) is 3.66. The lowest BCUT2D eigenvalue weighted by atomic mass is 9.97. The Kier molecular flexibility index (Phi) is 6.69. The monoisotopic (exact) mass is 356 g/mol. The summed E-state index contributed by atoms with van der Waals surface area (Å²) in [4.78, 5) is 5.04. The maximum atomic E-state index is 5.24. The number of methoxy groups -OCH3 is 1. The van der Waals surface area contributed by atoms with E-state index < -0.39 is 0 Å². The van der Waals surface area contributed by atoms with Crippen molar-refractivity contribution in [3.8, 4) is 5.75 Å². The summed E-state index contributed by atoms with van der Waals surface area (Å²) in [6.07, 6.45) is 3.75. The van der Waals surface area contributed by atoms with Crippen molar-refractivity contribution in [2.75, 3.05) is 40.3 Å². The normalized spacial score (nSPS) is 18.4. The number of hydrogen-bond acceptors (Lipinski definition) is 4. The maximum Gasteiger partial charge on any atom is 0.118 e. The van der Waals surface area contributed by atoms with E-state index >= 15 is 0 Å². The summed E-state index contributed by atoms with van der Waals surface area (Å²) < 4.78 is 5.24. The van der Waals surface area contributed by atoms with Crippen LogP contribution in [0.3, 0.4) is 0 Å². The second-order valence-corrected chi connectivity index (χ2v) is 7.65. The fourth-order valence-corrected chi connectivity index (χ4v) is 3.92. The molecule has 26 heavy (non-hydrogen) atoms. The lowest BCUT2D eigenvalue weighted by Crippen LogP contribution is -2.40. The minimum absolute atomic E-state index is 0.754. The largest absolute Gasteiger partial charge is 0.497 e. The van der Waals surface area contributed by atoms with Crippen LogP contribution in [0.5, 0.6) is 5.75 Å². The lowest BCUT2D eigenvalue weighted by molar-refractivity contribution is 0.142. The van der Waals surface area contributed by atoms with Crippen molar-refractivity contribution in [1.82, 2.24) is 20.0 Å². The molecule has 0 amide bonds. The standard InChI is InChI=1S/C21H32N4O/c1-17-13-20(23-22-17)16-24(2)14-19-5-4-11-25(15-19)12-10-18-6-8-21(26-3)9-7-18/h6-9,13,19H,4-5,10-12,14-16H2,1-3H3,(H,22,23)/t19-/m1/s1. The zero-order valence-electron chi connectivity index (χ0n) is 16.4. The number of ether oxygens (including phenoxy) is 1. The number of aromatic nitrogens is 2. The summed E-state index contributed by atoms with van der Waals surface area (Å²) in [5, 5.41) is 7.38. The third-order valence-electron chi connectivity index (χ3n) is 5.24. The van der Waals surface area contributed by atoms with Crippen molar-refractivity contribution < 1.29 is 4.74 Å². The summed E-state index contributed by atoms with van der Waals surface area (Å²) in [6, 6.07) is 10.6. The number of likely N-dealkylation sites (tertiary alicyclic amines) is 1. The minimum Gasteiger partial charge on any atom is -0.497 e. The maximum absolute atomic E-state index is 5.24. The van der Waals surface area contributed by atoms with E-state index in [-0.39, 0.29) is 0 Å². The molecule has 1 aromatic heterocycles. The molecule has 1 N–H and O–H groups in total. The van der Waals surface area contributed by atoms with Gasteiger partial charge < -0.3 is 14.5 Å². The van der Waals surface area contributed by atoms with E-state index in [0.29, 0.717) is 0 Å². The van der Waals surface area contributed by atoms with Gasteiger partial charge >= 0.3 is 0 Å². The molecule has 1 aliphatic rings. The minimum atomic E-state index is 0.754. The number of aromatic amines is 1. The first kappa shape index (κ1) is 18.9. The van der Waals surface area contributed by atoms with Crippen LogP contribution in [0.1, 0.15) is 29.8 Å². The fraction of sp³-hybridized carbons (Fsp3) is 0.571. The molecule has 0 spiro atoms. The van der Waals surface area contributed by atoms with Gasteiger partial charge in [0.2, 0.25) is 0 Å². The zero-order chi connectivity index (χ0) is 18.4. The lowest BCUT2D eigenvalue weighted by Gasteiger charge is -2.34. The molecule has 142 valence electrons. The summed E-state index contributed by atoms with van der Waals surface area (Å²) in [6.45, 7) is 7.70. The topological polar surface area (TPSA) is 44.4 Å². The molecule has 1 aromatic carbocycles. The van der Waals surface area contributed by atoms with Gasteiger partial charge in [-0.1, -0.05) is 12.1 Å². The third kappa shape index (κ3) is 5.58. The van der Waals surface area contributed by atoms with Crippen LogP contribution in [0.2, 0.25) is 0 Å². The quantitative estimate of drug-likeness (QED) is 0.789. The van der Waals surface area contributed by atoms with Gasteiger partial charge in [-0.3, -0.25) is 5.10 Å². The second-order valence-electron chi connectivity index (χ2n) is 7.65. The molecule has 0 unspecified atom stereocenters. The van der Waals surface area contributed by atoms with Gasteiger partial charge in [0, 0.05) is 31.9 Å². The smallest absolute Gasteiger partial charge is 0.118 e. The number of piperidine rings is 1. The van der Waals surface area contributed by atoms with Crippen LogP contribution < -0.4 is 4.74 Å². The van der Waals surface area contributed by atoms with Gasteiger partial charge in [0.25, 0.3) is 0 Å². The fourth-order valence-electron chi connectivity index (χ4n) is 3.92. The van der Waals surface area contributed by atoms with E-state index in [0.717, 1.165) is 49.1 Å². The van der Waals surface area contributed by atoms with Crippen molar-refractivity contribution in [2.24, 2.45) is 5.92 Å². The van der Waals surface area contributed by atoms with Crippen LogP contribution in [0.15, 0.2) is 30.3 Å². The Morgan fingerprint density at radius 3 is 2.81 bits per heavy atom. The highest BCUT2D eigenvalue weighted by atomic mass is 16.5. The van der Waals surface area contributed by atoms with Crippen LogP contribution in [-0.2, 0) is 13.0 Å². The molecular formula is C21H32N4O. The van der Waals surface area contributed by atoms with Crippen molar-refractivity contribution in [2.45, 2.75) is 32.7 Å². The first-order chi connectivity index (χ1) is 12.6. The summed E-state index contributed by atoms with van der Waals surface area (Å²) in [7, 11) is 3.92. The van der Waals surface area contributed by atoms with Gasteiger partial charge in [0.15, 0.2) is 0 Å². The number of benzene rings is 1. The Hall–Kier alpha value is -1.85. The molecule has 0 saturated carbocycles. The Morgan fingerprint density at radius 1 is 1.31 bits per heavy atom. The first-order valence-electron chi connectivity index (χ1n) is 9.67. The third-order valence-corrected chi connectivity index (χ3v) is 5.24. The number of rotatable bonds is 8. The SMILES string of the molecule is COc1ccc(CCN2CCC[C@H](CN(C)Cc3cc(C)[nH]n3)C2)cc1. The molecule has 2 aromatic rings. The van der Waals surface area contributed by atoms with Gasteiger partial charge in [0.05, 0.1) is 12.8 Å². The zero-order valence-corrected chi connectivity index (χ0v) is 16.4. The van der Waals surface area contributed by atoms with Crippen LogP contribution in [0.4, 0.5) is 0 Å². The highest BCUT2D eigenvalue weighted by Gasteiger charge is 2.21. The van der Waals surface area contributed by atoms with Crippen LogP contribution in [-0.4, -0.2) is 60.3 Å². The number of nitrogens with one attached hydrogen (secondary N) is 1. The number of hydrogen-bond donors (Lipinski definition) is 1. The average molecular weight is 357 g/mol. The highest BCUT2D eigenvalue weighted by molar-refractivity contribution is 5.27. The molecule has 0 aliphatic carbocycles. The number of H-pyrrole nitrogens is 1. The van der Waals surface area contributed by atoms with E-state index in [1.165, 1.54) is 31.5 Å². The molecule has 0 radical (unpaired) electrons. The van der Waals surface area contributed by atoms with E-state index in [2.05, 4.69) is 64.3 Å². The van der Waals surface area contributed by atoms with Crippen molar-refractivity contribution in [1.29, 1.82) is 0 Å². The van der Waals surface area contributed by atoms with Crippen LogP contribution in [0.25, 0.3) is 0 Å². The van der Waals surface area contributed by atoms with Crippen molar-refractivity contribution in [3.05, 3.63) is 47.3 Å². The van der Waals surface area contributed by atoms with E-state index in [1.807, 2.05) is 0 Å². The molecular weight excluding hydrogens is 324 g/mol. The van der Waals surface area contributed by atoms with Gasteiger partial charge in [0.1, 0.15) is 5.75 Å². The van der Waals surface area contributed by atoms with E-state index in [1.54, 1.807) is 7.11 Å². The van der Waals surface area contributed by atoms with Gasteiger partial charge in [-0.2, -0.15) is 5.10 Å². The Labute approximate surface area is 157 Å². The summed E-state index contributed by atoms with van der Waals surface area (Å²) in [5.74, 6) is 1.69. The Bertz CT molecular complexity index is 667. The highest BCUT2D eigenvalue weighted by Crippen LogP contribution is 2.19. The molecule has 1 saturated heterocycles. The molecule has 0 bridgehead atoms. The predicted octanol–water partition coefficient (Wildman–Crippen LogP) is 3.11. The van der Waals surface area contributed by atoms with Gasteiger partial charge in [-0.15, -0.1) is 0 Å². The van der Waals surface area contributed by atoms with E-state index in [9.17, 15) is 0 Å². The van der Waals surface area contributed by atoms with Crippen molar-refractivity contribution >= 4 is 0 Å². The van der Waals surface area contributed by atoms with Crippen LogP contribution >= 0.6 is 0 Å². The van der Waals surface area contributed by atoms with Crippen molar-refractivity contribution in [3.63, 3.8) is 0 Å². The van der Waals surface area contributed by atoms with Gasteiger partial charge in [-0.05, 0) is 69.5 Å². The Morgan fingerprint density at radius 2 is 2.12 bits per heavy atom. The molecule has 5 nitrogen and oxygen atoms in total. The second kappa shape index (κ2) is 9.19. The Balaban J connectivity index is 1.42. The first-order valence-corrected chi connectivity index (χ1v) is 9.67. The summed E-state index contributed by atoms with van der Waals surface area (Å²) >= 11 is 0. The van der Waals surface area contributed by atoms with Crippen LogP contribution in [0, 0.1) is 12.8 Å². The molecule has 5 heteroatoms. The molecule has 3 rings (SSSR count). The molecule has 1 atom stereocenters.